The summed E-state index contributed by atoms with van der Waals surface area (Å²) >= 11 is 5.86. The van der Waals surface area contributed by atoms with E-state index in [9.17, 15) is 18.0 Å². The van der Waals surface area contributed by atoms with E-state index in [0.717, 1.165) is 0 Å². The van der Waals surface area contributed by atoms with E-state index in [0.29, 0.717) is 16.1 Å². The molecule has 0 radical (unpaired) electrons. The van der Waals surface area contributed by atoms with Crippen LogP contribution in [0.25, 0.3) is 6.08 Å². The van der Waals surface area contributed by atoms with Crippen LogP contribution in [0.15, 0.2) is 65.8 Å². The maximum absolute atomic E-state index is 12.7. The van der Waals surface area contributed by atoms with E-state index < -0.39 is 21.9 Å². The van der Waals surface area contributed by atoms with E-state index in [1.807, 2.05) is 0 Å². The number of sulfonamides is 1. The molecule has 33 heavy (non-hydrogen) atoms. The van der Waals surface area contributed by atoms with E-state index in [4.69, 9.17) is 16.7 Å². The van der Waals surface area contributed by atoms with Crippen molar-refractivity contribution in [2.75, 3.05) is 6.54 Å². The van der Waals surface area contributed by atoms with Crippen LogP contribution in [-0.4, -0.2) is 46.6 Å². The molecule has 0 spiro atoms. The normalized spacial score (nSPS) is 12.7. The molecule has 3 aromatic rings. The van der Waals surface area contributed by atoms with Gasteiger partial charge in [-0.2, -0.15) is 5.10 Å². The van der Waals surface area contributed by atoms with Crippen molar-refractivity contribution in [1.29, 1.82) is 0 Å². The van der Waals surface area contributed by atoms with Gasteiger partial charge in [-0.15, -0.1) is 0 Å². The fourth-order valence-corrected chi connectivity index (χ4v) is 4.09. The number of aromatic nitrogens is 3. The Labute approximate surface area is 195 Å². The molecule has 0 aliphatic carbocycles. The summed E-state index contributed by atoms with van der Waals surface area (Å²) in [7, 11) is -3.86. The van der Waals surface area contributed by atoms with Crippen molar-refractivity contribution < 1.29 is 23.1 Å². The molecule has 0 fully saturated rings. The molecule has 9 nitrogen and oxygen atoms in total. The van der Waals surface area contributed by atoms with E-state index in [2.05, 4.69) is 14.8 Å². The van der Waals surface area contributed by atoms with Gasteiger partial charge in [0.15, 0.2) is 5.82 Å². The standard InChI is InChI=1S/C22H21ClN4O5S/c1-15(22(29)30)13-26-33(31,32)19-6-2-4-16(12-19)5-3-11-27-21(24-14-25-27)20(28)17-7-9-18(23)10-8-17/h2-10,12,14-15,26H,11,13H2,1H3,(H,29,30)/b5-3+. The van der Waals surface area contributed by atoms with Crippen LogP contribution in [-0.2, 0) is 21.4 Å². The first-order chi connectivity index (χ1) is 15.7. The van der Waals surface area contributed by atoms with Crippen LogP contribution in [0.4, 0.5) is 0 Å². The number of hydrogen-bond donors (Lipinski definition) is 2. The number of nitrogens with zero attached hydrogens (tertiary/aromatic N) is 3. The van der Waals surface area contributed by atoms with Crippen molar-refractivity contribution in [3.8, 4) is 0 Å². The van der Waals surface area contributed by atoms with Gasteiger partial charge >= 0.3 is 5.97 Å². The molecule has 1 heterocycles. The van der Waals surface area contributed by atoms with Gasteiger partial charge in [0.1, 0.15) is 6.33 Å². The molecule has 3 rings (SSSR count). The number of ketones is 1. The van der Waals surface area contributed by atoms with Crippen molar-refractivity contribution in [2.45, 2.75) is 18.4 Å². The van der Waals surface area contributed by atoms with Gasteiger partial charge in [0, 0.05) is 17.1 Å². The zero-order valence-electron chi connectivity index (χ0n) is 17.6. The summed E-state index contributed by atoms with van der Waals surface area (Å²) < 4.78 is 28.6. The number of allylic oxidation sites excluding steroid dienone is 1. The van der Waals surface area contributed by atoms with Crippen molar-refractivity contribution in [1.82, 2.24) is 19.5 Å². The number of hydrogen-bond acceptors (Lipinski definition) is 6. The summed E-state index contributed by atoms with van der Waals surface area (Å²) in [6.07, 6.45) is 4.70. The Bertz CT molecular complexity index is 1290. The summed E-state index contributed by atoms with van der Waals surface area (Å²) in [5, 5.41) is 13.5. The van der Waals surface area contributed by atoms with E-state index in [1.165, 1.54) is 30.1 Å². The average molecular weight is 489 g/mol. The highest BCUT2D eigenvalue weighted by Crippen LogP contribution is 2.15. The highest BCUT2D eigenvalue weighted by atomic mass is 35.5. The third-order valence-electron chi connectivity index (χ3n) is 4.68. The first kappa shape index (κ1) is 24.3. The minimum atomic E-state index is -3.86. The van der Waals surface area contributed by atoms with Gasteiger partial charge in [-0.3, -0.25) is 9.59 Å². The van der Waals surface area contributed by atoms with E-state index in [-0.39, 0.29) is 29.6 Å². The van der Waals surface area contributed by atoms with Gasteiger partial charge in [0.25, 0.3) is 0 Å². The van der Waals surface area contributed by atoms with Crippen molar-refractivity contribution in [3.05, 3.63) is 82.9 Å². The maximum atomic E-state index is 12.7. The van der Waals surface area contributed by atoms with Gasteiger partial charge in [0.2, 0.25) is 15.8 Å². The van der Waals surface area contributed by atoms with Crippen LogP contribution in [0.1, 0.15) is 28.7 Å². The molecular formula is C22H21ClN4O5S. The van der Waals surface area contributed by atoms with Gasteiger partial charge < -0.3 is 5.11 Å². The Morgan fingerprint density at radius 2 is 1.94 bits per heavy atom. The summed E-state index contributed by atoms with van der Waals surface area (Å²) in [4.78, 5) is 27.6. The Hall–Kier alpha value is -3.34. The summed E-state index contributed by atoms with van der Waals surface area (Å²) in [5.41, 5.74) is 1.04. The first-order valence-corrected chi connectivity index (χ1v) is 11.7. The number of aliphatic carboxylic acids is 1. The molecular weight excluding hydrogens is 468 g/mol. The molecule has 0 saturated heterocycles. The van der Waals surface area contributed by atoms with Crippen LogP contribution < -0.4 is 4.72 Å². The third-order valence-corrected chi connectivity index (χ3v) is 6.36. The van der Waals surface area contributed by atoms with Crippen LogP contribution in [0.5, 0.6) is 0 Å². The highest BCUT2D eigenvalue weighted by molar-refractivity contribution is 7.89. The number of benzene rings is 2. The van der Waals surface area contributed by atoms with Gasteiger partial charge in [-0.1, -0.05) is 42.8 Å². The van der Waals surface area contributed by atoms with Crippen molar-refractivity contribution >= 4 is 39.5 Å². The molecule has 0 saturated carbocycles. The number of carbonyl (C=O) groups excluding carboxylic acids is 1. The quantitative estimate of drug-likeness (QED) is 0.419. The average Bonchev–Trinajstić information content (AvgIpc) is 3.26. The number of carboxylic acid groups (broad SMARTS) is 1. The molecule has 0 aliphatic heterocycles. The number of rotatable bonds is 10. The largest absolute Gasteiger partial charge is 0.481 e. The fraction of sp³-hybridized carbons (Fsp3) is 0.182. The van der Waals surface area contributed by atoms with Crippen LogP contribution in [0.3, 0.4) is 0 Å². The lowest BCUT2D eigenvalue weighted by Crippen LogP contribution is -2.31. The molecule has 0 aliphatic rings. The Morgan fingerprint density at radius 3 is 2.64 bits per heavy atom. The molecule has 0 bridgehead atoms. The Balaban J connectivity index is 1.70. The minimum Gasteiger partial charge on any atom is -0.481 e. The third kappa shape index (κ3) is 6.35. The van der Waals surface area contributed by atoms with Crippen LogP contribution >= 0.6 is 11.6 Å². The molecule has 11 heteroatoms. The van der Waals surface area contributed by atoms with Gasteiger partial charge in [0.05, 0.1) is 17.4 Å². The smallest absolute Gasteiger partial charge is 0.307 e. The monoisotopic (exact) mass is 488 g/mol. The van der Waals surface area contributed by atoms with E-state index in [1.54, 1.807) is 48.6 Å². The molecule has 2 N–H and O–H groups in total. The summed E-state index contributed by atoms with van der Waals surface area (Å²) in [6, 6.07) is 12.6. The molecule has 1 unspecified atom stereocenters. The molecule has 2 aromatic carbocycles. The number of halogens is 1. The summed E-state index contributed by atoms with van der Waals surface area (Å²) in [5.74, 6) is -2.07. The predicted molar refractivity (Wildman–Crippen MR) is 122 cm³/mol. The van der Waals surface area contributed by atoms with Gasteiger partial charge in [-0.25, -0.2) is 22.8 Å². The van der Waals surface area contributed by atoms with Crippen molar-refractivity contribution in [3.63, 3.8) is 0 Å². The summed E-state index contributed by atoms with van der Waals surface area (Å²) in [6.45, 7) is 1.44. The lowest BCUT2D eigenvalue weighted by atomic mass is 10.1. The topological polar surface area (TPSA) is 131 Å². The number of carboxylic acids is 1. The Kier molecular flexibility index (Phi) is 7.75. The van der Waals surface area contributed by atoms with Crippen LogP contribution in [0.2, 0.25) is 5.02 Å². The second-order valence-electron chi connectivity index (χ2n) is 7.17. The second kappa shape index (κ2) is 10.5. The zero-order chi connectivity index (χ0) is 24.0. The van der Waals surface area contributed by atoms with Gasteiger partial charge in [-0.05, 0) is 42.0 Å². The lowest BCUT2D eigenvalue weighted by molar-refractivity contribution is -0.140. The zero-order valence-corrected chi connectivity index (χ0v) is 19.1. The fourth-order valence-electron chi connectivity index (χ4n) is 2.78. The molecule has 0 amide bonds. The SMILES string of the molecule is CC(CNS(=O)(=O)c1cccc(/C=C/Cn2ncnc2C(=O)c2ccc(Cl)cc2)c1)C(=O)O. The minimum absolute atomic E-state index is 0.0154. The van der Waals surface area contributed by atoms with Crippen molar-refractivity contribution in [2.24, 2.45) is 5.92 Å². The predicted octanol–water partition coefficient (Wildman–Crippen LogP) is 2.87. The second-order valence-corrected chi connectivity index (χ2v) is 9.37. The van der Waals surface area contributed by atoms with Crippen LogP contribution in [0, 0.1) is 5.92 Å². The Morgan fingerprint density at radius 1 is 1.21 bits per heavy atom. The molecule has 1 aromatic heterocycles. The maximum Gasteiger partial charge on any atom is 0.307 e. The lowest BCUT2D eigenvalue weighted by Gasteiger charge is -2.10. The molecule has 1 atom stereocenters. The van der Waals surface area contributed by atoms with E-state index >= 15 is 0 Å². The highest BCUT2D eigenvalue weighted by Gasteiger charge is 2.18. The molecule has 172 valence electrons. The number of nitrogens with one attached hydrogen (secondary N) is 1. The number of carbonyl (C=O) groups is 2. The first-order valence-electron chi connectivity index (χ1n) is 9.84.